The Kier molecular flexibility index (Phi) is 2.54. The molecule has 0 spiro atoms. The molecule has 0 aromatic heterocycles. The average Bonchev–Trinajstić information content (AvgIpc) is 2.18. The van der Waals surface area contributed by atoms with Gasteiger partial charge in [0.1, 0.15) is 11.3 Å². The van der Waals surface area contributed by atoms with Gasteiger partial charge < -0.3 is 10.5 Å². The number of hydrogen-bond donors (Lipinski definition) is 1. The molecule has 68 valence electrons. The molecular weight excluding hydrogens is 164 g/mol. The molecule has 0 saturated carbocycles. The maximum atomic E-state index is 8.77. The normalized spacial score (nSPS) is 14.3. The summed E-state index contributed by atoms with van der Waals surface area (Å²) in [5, 5.41) is 8.77. The lowest BCUT2D eigenvalue weighted by Gasteiger charge is -2.15. The minimum atomic E-state index is -0.924. The average molecular weight is 176 g/mol. The third-order valence-electron chi connectivity index (χ3n) is 1.92. The molecule has 0 saturated heterocycles. The Bertz CT molecular complexity index is 322. The van der Waals surface area contributed by atoms with Crippen LogP contribution in [-0.2, 0) is 5.54 Å². The number of benzene rings is 1. The molecule has 1 rings (SSSR count). The molecule has 3 heteroatoms. The zero-order valence-electron chi connectivity index (χ0n) is 7.74. The summed E-state index contributed by atoms with van der Waals surface area (Å²) in [5.41, 5.74) is 5.59. The molecule has 2 N–H and O–H groups in total. The summed E-state index contributed by atoms with van der Waals surface area (Å²) in [6, 6.07) is 9.20. The molecule has 0 fully saturated rings. The number of rotatable bonds is 2. The van der Waals surface area contributed by atoms with E-state index in [4.69, 9.17) is 15.7 Å². The molecule has 0 aliphatic rings. The van der Waals surface area contributed by atoms with Gasteiger partial charge in [-0.15, -0.1) is 0 Å². The SMILES string of the molecule is COc1ccc(C(C)(N)C#N)cc1. The molecule has 0 bridgehead atoms. The molecule has 1 atom stereocenters. The number of methoxy groups -OCH3 is 1. The van der Waals surface area contributed by atoms with Crippen molar-refractivity contribution in [1.29, 1.82) is 5.26 Å². The van der Waals surface area contributed by atoms with E-state index in [0.29, 0.717) is 0 Å². The largest absolute Gasteiger partial charge is 0.497 e. The van der Waals surface area contributed by atoms with E-state index in [1.165, 1.54) is 0 Å². The Morgan fingerprint density at radius 1 is 1.38 bits per heavy atom. The van der Waals surface area contributed by atoms with Gasteiger partial charge in [-0.05, 0) is 24.6 Å². The van der Waals surface area contributed by atoms with Gasteiger partial charge in [-0.25, -0.2) is 0 Å². The summed E-state index contributed by atoms with van der Waals surface area (Å²) in [7, 11) is 1.60. The number of nitrogens with zero attached hydrogens (tertiary/aromatic N) is 1. The van der Waals surface area contributed by atoms with Crippen molar-refractivity contribution in [3.05, 3.63) is 29.8 Å². The van der Waals surface area contributed by atoms with Crippen LogP contribution in [-0.4, -0.2) is 7.11 Å². The first-order valence-electron chi connectivity index (χ1n) is 3.95. The van der Waals surface area contributed by atoms with Crippen molar-refractivity contribution in [3.8, 4) is 11.8 Å². The van der Waals surface area contributed by atoms with Crippen LogP contribution < -0.4 is 10.5 Å². The molecule has 13 heavy (non-hydrogen) atoms. The van der Waals surface area contributed by atoms with Gasteiger partial charge in [-0.1, -0.05) is 12.1 Å². The third-order valence-corrected chi connectivity index (χ3v) is 1.92. The Labute approximate surface area is 77.7 Å². The fourth-order valence-corrected chi connectivity index (χ4v) is 1.00. The third kappa shape index (κ3) is 1.98. The van der Waals surface area contributed by atoms with Crippen LogP contribution in [0, 0.1) is 11.3 Å². The molecular formula is C10H12N2O. The van der Waals surface area contributed by atoms with Crippen LogP contribution in [0.4, 0.5) is 0 Å². The van der Waals surface area contributed by atoms with Crippen LogP contribution in [0.5, 0.6) is 5.75 Å². The molecule has 1 unspecified atom stereocenters. The summed E-state index contributed by atoms with van der Waals surface area (Å²) >= 11 is 0. The molecule has 0 aliphatic heterocycles. The van der Waals surface area contributed by atoms with E-state index in [1.54, 1.807) is 38.3 Å². The quantitative estimate of drug-likeness (QED) is 0.740. The van der Waals surface area contributed by atoms with Crippen molar-refractivity contribution < 1.29 is 4.74 Å². The fourth-order valence-electron chi connectivity index (χ4n) is 1.00. The van der Waals surface area contributed by atoms with E-state index in [2.05, 4.69) is 0 Å². The Balaban J connectivity index is 3.00. The smallest absolute Gasteiger partial charge is 0.126 e. The maximum Gasteiger partial charge on any atom is 0.126 e. The van der Waals surface area contributed by atoms with Gasteiger partial charge in [0.25, 0.3) is 0 Å². The summed E-state index contributed by atoms with van der Waals surface area (Å²) in [6.45, 7) is 1.68. The van der Waals surface area contributed by atoms with Crippen molar-refractivity contribution in [3.63, 3.8) is 0 Å². The van der Waals surface area contributed by atoms with Crippen LogP contribution in [0.1, 0.15) is 12.5 Å². The molecule has 0 radical (unpaired) electrons. The second kappa shape index (κ2) is 3.46. The minimum absolute atomic E-state index is 0.762. The predicted molar refractivity (Wildman–Crippen MR) is 50.1 cm³/mol. The number of hydrogen-bond acceptors (Lipinski definition) is 3. The van der Waals surface area contributed by atoms with Crippen molar-refractivity contribution in [2.24, 2.45) is 5.73 Å². The van der Waals surface area contributed by atoms with E-state index in [-0.39, 0.29) is 0 Å². The summed E-state index contributed by atoms with van der Waals surface area (Å²) in [5.74, 6) is 0.762. The van der Waals surface area contributed by atoms with E-state index >= 15 is 0 Å². The Morgan fingerprint density at radius 3 is 2.31 bits per heavy atom. The predicted octanol–water partition coefficient (Wildman–Crippen LogP) is 1.39. The first-order chi connectivity index (χ1) is 6.10. The summed E-state index contributed by atoms with van der Waals surface area (Å²) in [6.07, 6.45) is 0. The first kappa shape index (κ1) is 9.56. The van der Waals surface area contributed by atoms with Gasteiger partial charge in [-0.2, -0.15) is 5.26 Å². The zero-order valence-corrected chi connectivity index (χ0v) is 7.74. The van der Waals surface area contributed by atoms with Crippen LogP contribution in [0.3, 0.4) is 0 Å². The maximum absolute atomic E-state index is 8.77. The number of ether oxygens (including phenoxy) is 1. The standard InChI is InChI=1S/C10H12N2O/c1-10(12,7-11)8-3-5-9(13-2)6-4-8/h3-6H,12H2,1-2H3. The highest BCUT2D eigenvalue weighted by Gasteiger charge is 2.19. The van der Waals surface area contributed by atoms with E-state index in [0.717, 1.165) is 11.3 Å². The van der Waals surface area contributed by atoms with Crippen LogP contribution >= 0.6 is 0 Å². The molecule has 1 aromatic rings. The summed E-state index contributed by atoms with van der Waals surface area (Å²) < 4.78 is 4.99. The molecule has 0 aliphatic carbocycles. The number of nitrogens with two attached hydrogens (primary N) is 1. The highest BCUT2D eigenvalue weighted by molar-refractivity contribution is 5.34. The molecule has 3 nitrogen and oxygen atoms in total. The first-order valence-corrected chi connectivity index (χ1v) is 3.95. The highest BCUT2D eigenvalue weighted by Crippen LogP contribution is 2.19. The highest BCUT2D eigenvalue weighted by atomic mass is 16.5. The van der Waals surface area contributed by atoms with Crippen molar-refractivity contribution in [2.75, 3.05) is 7.11 Å². The lowest BCUT2D eigenvalue weighted by Crippen LogP contribution is -2.30. The summed E-state index contributed by atoms with van der Waals surface area (Å²) in [4.78, 5) is 0. The molecule has 0 amide bonds. The minimum Gasteiger partial charge on any atom is -0.497 e. The van der Waals surface area contributed by atoms with Crippen LogP contribution in [0.25, 0.3) is 0 Å². The van der Waals surface area contributed by atoms with E-state index < -0.39 is 5.54 Å². The van der Waals surface area contributed by atoms with Gasteiger partial charge in [0, 0.05) is 0 Å². The monoisotopic (exact) mass is 176 g/mol. The van der Waals surface area contributed by atoms with Gasteiger partial charge in [-0.3, -0.25) is 0 Å². The van der Waals surface area contributed by atoms with Gasteiger partial charge in [0.15, 0.2) is 0 Å². The second-order valence-corrected chi connectivity index (χ2v) is 3.04. The van der Waals surface area contributed by atoms with Gasteiger partial charge in [0.2, 0.25) is 0 Å². The van der Waals surface area contributed by atoms with Gasteiger partial charge in [0.05, 0.1) is 13.2 Å². The van der Waals surface area contributed by atoms with Crippen LogP contribution in [0.15, 0.2) is 24.3 Å². The topological polar surface area (TPSA) is 59.0 Å². The van der Waals surface area contributed by atoms with Gasteiger partial charge >= 0.3 is 0 Å². The number of nitriles is 1. The molecule has 0 heterocycles. The van der Waals surface area contributed by atoms with E-state index in [9.17, 15) is 0 Å². The van der Waals surface area contributed by atoms with Crippen molar-refractivity contribution in [2.45, 2.75) is 12.5 Å². The zero-order chi connectivity index (χ0) is 9.90. The molecule has 1 aromatic carbocycles. The lowest BCUT2D eigenvalue weighted by atomic mass is 9.95. The van der Waals surface area contributed by atoms with E-state index in [1.807, 2.05) is 6.07 Å². The Hall–Kier alpha value is -1.53. The second-order valence-electron chi connectivity index (χ2n) is 3.04. The van der Waals surface area contributed by atoms with Crippen LogP contribution in [0.2, 0.25) is 0 Å². The lowest BCUT2D eigenvalue weighted by molar-refractivity contribution is 0.414. The fraction of sp³-hybridized carbons (Fsp3) is 0.300. The van der Waals surface area contributed by atoms with Crippen molar-refractivity contribution in [1.82, 2.24) is 0 Å². The van der Waals surface area contributed by atoms with Crippen molar-refractivity contribution >= 4 is 0 Å². The Morgan fingerprint density at radius 2 is 1.92 bits per heavy atom.